The van der Waals surface area contributed by atoms with E-state index in [-0.39, 0.29) is 0 Å². The summed E-state index contributed by atoms with van der Waals surface area (Å²) < 4.78 is 5.11. The first-order chi connectivity index (χ1) is 10.9. The molecule has 1 atom stereocenters. The molecule has 0 aromatic heterocycles. The van der Waals surface area contributed by atoms with Crippen molar-refractivity contribution in [2.24, 2.45) is 0 Å². The molecule has 2 rings (SSSR count). The fourth-order valence-corrected chi connectivity index (χ4v) is 2.07. The number of benzene rings is 2. The van der Waals surface area contributed by atoms with Crippen LogP contribution in [0.4, 0.5) is 11.4 Å². The molecule has 2 aromatic rings. The summed E-state index contributed by atoms with van der Waals surface area (Å²) in [6, 6.07) is 10.9. The second-order valence-corrected chi connectivity index (χ2v) is 5.63. The Morgan fingerprint density at radius 2 is 1.78 bits per heavy atom. The topological polar surface area (TPSA) is 81.4 Å². The molecule has 0 saturated carbocycles. The Balaban J connectivity index is 2.01. The van der Waals surface area contributed by atoms with E-state index < -0.39 is 18.0 Å². The van der Waals surface area contributed by atoms with E-state index in [1.54, 1.807) is 24.3 Å². The highest BCUT2D eigenvalue weighted by atomic mass is 35.5. The van der Waals surface area contributed by atoms with Crippen molar-refractivity contribution in [2.45, 2.75) is 13.0 Å². The summed E-state index contributed by atoms with van der Waals surface area (Å²) in [5, 5.41) is 3.32. The van der Waals surface area contributed by atoms with E-state index in [0.717, 1.165) is 0 Å². The molecule has 23 heavy (non-hydrogen) atoms. The molecule has 0 spiro atoms. The fraction of sp³-hybridized carbons (Fsp3) is 0.125. The zero-order valence-corrected chi connectivity index (χ0v) is 13.7. The molecule has 0 heterocycles. The van der Waals surface area contributed by atoms with Gasteiger partial charge in [0, 0.05) is 10.7 Å². The number of carbonyl (C=O) groups is 2. The monoisotopic (exact) mass is 352 g/mol. The van der Waals surface area contributed by atoms with Crippen LogP contribution in [0.2, 0.25) is 10.0 Å². The number of amides is 1. The number of nitrogen functional groups attached to an aromatic ring is 1. The zero-order chi connectivity index (χ0) is 17.0. The van der Waals surface area contributed by atoms with Gasteiger partial charge in [0.25, 0.3) is 5.91 Å². The molecule has 0 aliphatic rings. The van der Waals surface area contributed by atoms with Gasteiger partial charge in [0.1, 0.15) is 0 Å². The van der Waals surface area contributed by atoms with Gasteiger partial charge in [0.2, 0.25) is 0 Å². The maximum Gasteiger partial charge on any atom is 0.338 e. The minimum Gasteiger partial charge on any atom is -0.449 e. The summed E-state index contributed by atoms with van der Waals surface area (Å²) in [7, 11) is 0. The molecule has 0 bridgehead atoms. The average molecular weight is 353 g/mol. The maximum absolute atomic E-state index is 12.1. The lowest BCUT2D eigenvalue weighted by molar-refractivity contribution is -0.123. The van der Waals surface area contributed by atoms with E-state index in [0.29, 0.717) is 27.0 Å². The largest absolute Gasteiger partial charge is 0.449 e. The van der Waals surface area contributed by atoms with Crippen molar-refractivity contribution in [3.05, 3.63) is 58.1 Å². The SMILES string of the molecule is CC(OC(=O)c1ccc(N)cc1)C(=O)Nc1cc(Cl)ccc1Cl. The van der Waals surface area contributed by atoms with Crippen LogP contribution in [0, 0.1) is 0 Å². The van der Waals surface area contributed by atoms with E-state index >= 15 is 0 Å². The Morgan fingerprint density at radius 1 is 1.13 bits per heavy atom. The van der Waals surface area contributed by atoms with E-state index in [1.807, 2.05) is 0 Å². The van der Waals surface area contributed by atoms with Gasteiger partial charge in [-0.3, -0.25) is 4.79 Å². The van der Waals surface area contributed by atoms with Crippen LogP contribution in [0.3, 0.4) is 0 Å². The Kier molecular flexibility index (Phi) is 5.47. The number of anilines is 2. The van der Waals surface area contributed by atoms with Crippen LogP contribution in [0.1, 0.15) is 17.3 Å². The molecule has 0 fully saturated rings. The summed E-state index contributed by atoms with van der Waals surface area (Å²) in [5.41, 5.74) is 6.73. The molecule has 0 aliphatic heterocycles. The first kappa shape index (κ1) is 17.1. The maximum atomic E-state index is 12.1. The Labute approximate surface area is 143 Å². The van der Waals surface area contributed by atoms with Crippen molar-refractivity contribution in [3.8, 4) is 0 Å². The standard InChI is InChI=1S/C16H14Cl2N2O3/c1-9(23-16(22)10-2-5-12(19)6-3-10)15(21)20-14-8-11(17)4-7-13(14)18/h2-9H,19H2,1H3,(H,20,21). The van der Waals surface area contributed by atoms with Crippen LogP contribution in [0.25, 0.3) is 0 Å². The number of esters is 1. The molecule has 3 N–H and O–H groups in total. The minimum absolute atomic E-state index is 0.305. The van der Waals surface area contributed by atoms with Gasteiger partial charge in [-0.15, -0.1) is 0 Å². The normalized spacial score (nSPS) is 11.6. The highest BCUT2D eigenvalue weighted by Gasteiger charge is 2.19. The number of nitrogens with one attached hydrogen (secondary N) is 1. The van der Waals surface area contributed by atoms with Crippen molar-refractivity contribution in [1.29, 1.82) is 0 Å². The van der Waals surface area contributed by atoms with Gasteiger partial charge in [0.05, 0.1) is 16.3 Å². The van der Waals surface area contributed by atoms with Gasteiger partial charge in [0.15, 0.2) is 6.10 Å². The van der Waals surface area contributed by atoms with E-state index in [4.69, 9.17) is 33.7 Å². The van der Waals surface area contributed by atoms with Crippen molar-refractivity contribution in [2.75, 3.05) is 11.1 Å². The molecule has 2 aromatic carbocycles. The average Bonchev–Trinajstić information content (AvgIpc) is 2.51. The summed E-state index contributed by atoms with van der Waals surface area (Å²) in [5.74, 6) is -1.14. The molecule has 7 heteroatoms. The molecule has 1 amide bonds. The van der Waals surface area contributed by atoms with Gasteiger partial charge >= 0.3 is 5.97 Å². The lowest BCUT2D eigenvalue weighted by Gasteiger charge is -2.14. The van der Waals surface area contributed by atoms with Crippen molar-refractivity contribution >= 4 is 46.5 Å². The van der Waals surface area contributed by atoms with E-state index in [1.165, 1.54) is 25.1 Å². The number of hydrogen-bond acceptors (Lipinski definition) is 4. The van der Waals surface area contributed by atoms with Crippen molar-refractivity contribution < 1.29 is 14.3 Å². The summed E-state index contributed by atoms with van der Waals surface area (Å²) in [6.07, 6.45) is -1.00. The molecular weight excluding hydrogens is 339 g/mol. The number of nitrogens with two attached hydrogens (primary N) is 1. The molecule has 0 radical (unpaired) electrons. The number of rotatable bonds is 4. The van der Waals surface area contributed by atoms with Crippen LogP contribution in [-0.4, -0.2) is 18.0 Å². The van der Waals surface area contributed by atoms with Crippen molar-refractivity contribution in [3.63, 3.8) is 0 Å². The van der Waals surface area contributed by atoms with Crippen LogP contribution in [0.15, 0.2) is 42.5 Å². The second kappa shape index (κ2) is 7.35. The van der Waals surface area contributed by atoms with Crippen molar-refractivity contribution in [1.82, 2.24) is 0 Å². The van der Waals surface area contributed by atoms with Gasteiger partial charge in [-0.1, -0.05) is 23.2 Å². The quantitative estimate of drug-likeness (QED) is 0.648. The van der Waals surface area contributed by atoms with Crippen LogP contribution >= 0.6 is 23.2 Å². The van der Waals surface area contributed by atoms with Crippen LogP contribution < -0.4 is 11.1 Å². The molecule has 0 aliphatic carbocycles. The second-order valence-electron chi connectivity index (χ2n) is 4.78. The van der Waals surface area contributed by atoms with Gasteiger partial charge in [-0.25, -0.2) is 4.79 Å². The molecule has 1 unspecified atom stereocenters. The Hall–Kier alpha value is -2.24. The third kappa shape index (κ3) is 4.61. The van der Waals surface area contributed by atoms with Crippen LogP contribution in [-0.2, 0) is 9.53 Å². The molecular formula is C16H14Cl2N2O3. The van der Waals surface area contributed by atoms with Gasteiger partial charge < -0.3 is 15.8 Å². The first-order valence-corrected chi connectivity index (χ1v) is 7.45. The molecule has 120 valence electrons. The zero-order valence-electron chi connectivity index (χ0n) is 12.2. The Bertz CT molecular complexity index is 733. The predicted octanol–water partition coefficient (Wildman–Crippen LogP) is 3.76. The third-order valence-corrected chi connectivity index (χ3v) is 3.55. The number of halogens is 2. The number of ether oxygens (including phenoxy) is 1. The Morgan fingerprint density at radius 3 is 2.43 bits per heavy atom. The highest BCUT2D eigenvalue weighted by Crippen LogP contribution is 2.25. The summed E-state index contributed by atoms with van der Waals surface area (Å²) in [6.45, 7) is 1.46. The van der Waals surface area contributed by atoms with E-state index in [9.17, 15) is 9.59 Å². The third-order valence-electron chi connectivity index (χ3n) is 2.99. The lowest BCUT2D eigenvalue weighted by Crippen LogP contribution is -2.30. The smallest absolute Gasteiger partial charge is 0.338 e. The minimum atomic E-state index is -1.00. The van der Waals surface area contributed by atoms with E-state index in [2.05, 4.69) is 5.32 Å². The molecule has 5 nitrogen and oxygen atoms in total. The fourth-order valence-electron chi connectivity index (χ4n) is 1.73. The van der Waals surface area contributed by atoms with Gasteiger partial charge in [-0.2, -0.15) is 0 Å². The highest BCUT2D eigenvalue weighted by molar-refractivity contribution is 6.35. The first-order valence-electron chi connectivity index (χ1n) is 6.69. The number of hydrogen-bond donors (Lipinski definition) is 2. The van der Waals surface area contributed by atoms with Gasteiger partial charge in [-0.05, 0) is 49.4 Å². The van der Waals surface area contributed by atoms with Crippen LogP contribution in [0.5, 0.6) is 0 Å². The summed E-state index contributed by atoms with van der Waals surface area (Å²) in [4.78, 5) is 24.0. The predicted molar refractivity (Wildman–Crippen MR) is 90.8 cm³/mol. The lowest BCUT2D eigenvalue weighted by atomic mass is 10.2. The molecule has 0 saturated heterocycles. The summed E-state index contributed by atoms with van der Waals surface area (Å²) >= 11 is 11.8. The number of carbonyl (C=O) groups excluding carboxylic acids is 2.